The predicted molar refractivity (Wildman–Crippen MR) is 56.4 cm³/mol. The molecule has 18 heavy (non-hydrogen) atoms. The van der Waals surface area contributed by atoms with Crippen LogP contribution in [-0.2, 0) is 17.8 Å². The minimum Gasteiger partial charge on any atom is -0.481 e. The highest BCUT2D eigenvalue weighted by Gasteiger charge is 2.11. The molecular formula is C11H9FN2O4. The Morgan fingerprint density at radius 1 is 1.33 bits per heavy atom. The van der Waals surface area contributed by atoms with Crippen molar-refractivity contribution >= 4 is 5.97 Å². The maximum Gasteiger partial charge on any atom is 0.312 e. The van der Waals surface area contributed by atoms with Gasteiger partial charge in [-0.05, 0) is 12.1 Å². The van der Waals surface area contributed by atoms with E-state index in [2.05, 4.69) is 10.2 Å². The molecule has 94 valence electrons. The molecular weight excluding hydrogens is 243 g/mol. The quantitative estimate of drug-likeness (QED) is 0.866. The minimum atomic E-state index is -1.07. The van der Waals surface area contributed by atoms with E-state index in [1.54, 1.807) is 12.1 Å². The topological polar surface area (TPSA) is 85.5 Å². The molecule has 0 saturated heterocycles. The molecule has 0 spiro atoms. The second kappa shape index (κ2) is 5.26. The van der Waals surface area contributed by atoms with Crippen molar-refractivity contribution in [1.29, 1.82) is 0 Å². The Bertz CT molecular complexity index is 555. The van der Waals surface area contributed by atoms with Gasteiger partial charge in [-0.1, -0.05) is 12.1 Å². The summed E-state index contributed by atoms with van der Waals surface area (Å²) in [5.41, 5.74) is 0. The lowest BCUT2D eigenvalue weighted by Crippen LogP contribution is -1.99. The van der Waals surface area contributed by atoms with Crippen molar-refractivity contribution in [3.8, 4) is 5.75 Å². The zero-order valence-corrected chi connectivity index (χ0v) is 9.17. The van der Waals surface area contributed by atoms with E-state index < -0.39 is 11.8 Å². The lowest BCUT2D eigenvalue weighted by atomic mass is 10.3. The number of ether oxygens (including phenoxy) is 1. The normalized spacial score (nSPS) is 10.3. The van der Waals surface area contributed by atoms with Crippen LogP contribution in [-0.4, -0.2) is 21.3 Å². The average molecular weight is 252 g/mol. The van der Waals surface area contributed by atoms with Crippen molar-refractivity contribution in [3.05, 3.63) is 41.9 Å². The summed E-state index contributed by atoms with van der Waals surface area (Å²) < 4.78 is 23.3. The van der Waals surface area contributed by atoms with Gasteiger partial charge in [0.2, 0.25) is 5.89 Å². The number of benzene rings is 1. The Hall–Kier alpha value is -2.44. The van der Waals surface area contributed by atoms with Crippen LogP contribution in [0.1, 0.15) is 11.8 Å². The van der Waals surface area contributed by atoms with Crippen LogP contribution in [0.15, 0.2) is 28.7 Å². The van der Waals surface area contributed by atoms with E-state index in [0.29, 0.717) is 0 Å². The highest BCUT2D eigenvalue weighted by Crippen LogP contribution is 2.16. The maximum atomic E-state index is 13.2. The van der Waals surface area contributed by atoms with Crippen LogP contribution in [0, 0.1) is 5.82 Å². The first kappa shape index (κ1) is 12.0. The molecule has 0 amide bonds. The third-order valence-corrected chi connectivity index (χ3v) is 2.00. The number of hydrogen-bond donors (Lipinski definition) is 1. The predicted octanol–water partition coefficient (Wildman–Crippen LogP) is 1.41. The van der Waals surface area contributed by atoms with Gasteiger partial charge in [0.1, 0.15) is 6.42 Å². The lowest BCUT2D eigenvalue weighted by Gasteiger charge is -2.03. The summed E-state index contributed by atoms with van der Waals surface area (Å²) in [6.45, 7) is -0.118. The monoisotopic (exact) mass is 252 g/mol. The van der Waals surface area contributed by atoms with E-state index >= 15 is 0 Å². The van der Waals surface area contributed by atoms with Gasteiger partial charge in [-0.15, -0.1) is 10.2 Å². The number of hydrogen-bond acceptors (Lipinski definition) is 5. The second-order valence-corrected chi connectivity index (χ2v) is 3.38. The number of halogens is 1. The van der Waals surface area contributed by atoms with E-state index in [-0.39, 0.29) is 30.6 Å². The number of carboxylic acid groups (broad SMARTS) is 1. The molecule has 1 aromatic carbocycles. The molecule has 6 nitrogen and oxygen atoms in total. The summed E-state index contributed by atoms with van der Waals surface area (Å²) in [4.78, 5) is 10.4. The first-order valence-corrected chi connectivity index (χ1v) is 5.05. The van der Waals surface area contributed by atoms with Crippen molar-refractivity contribution in [2.75, 3.05) is 0 Å². The smallest absolute Gasteiger partial charge is 0.312 e. The van der Waals surface area contributed by atoms with Crippen LogP contribution in [0.5, 0.6) is 5.75 Å². The van der Waals surface area contributed by atoms with E-state index in [1.165, 1.54) is 12.1 Å². The molecule has 0 atom stereocenters. The molecule has 1 aromatic heterocycles. The fraction of sp³-hybridized carbons (Fsp3) is 0.182. The third-order valence-electron chi connectivity index (χ3n) is 2.00. The number of aromatic nitrogens is 2. The number of nitrogens with zero attached hydrogens (tertiary/aromatic N) is 2. The Morgan fingerprint density at radius 2 is 2.06 bits per heavy atom. The maximum absolute atomic E-state index is 13.2. The van der Waals surface area contributed by atoms with Crippen LogP contribution < -0.4 is 4.74 Å². The first-order chi connectivity index (χ1) is 8.65. The number of carbonyl (C=O) groups is 1. The highest BCUT2D eigenvalue weighted by atomic mass is 19.1. The SMILES string of the molecule is O=C(O)Cc1nnc(COc2ccccc2F)o1. The van der Waals surface area contributed by atoms with Crippen LogP contribution in [0.4, 0.5) is 4.39 Å². The molecule has 2 rings (SSSR count). The Kier molecular flexibility index (Phi) is 3.52. The fourth-order valence-corrected chi connectivity index (χ4v) is 1.25. The molecule has 0 unspecified atom stereocenters. The Labute approximate surface area is 101 Å². The minimum absolute atomic E-state index is 0.0189. The molecule has 7 heteroatoms. The van der Waals surface area contributed by atoms with Crippen molar-refractivity contribution in [3.63, 3.8) is 0 Å². The molecule has 2 aromatic rings. The van der Waals surface area contributed by atoms with E-state index in [9.17, 15) is 9.18 Å². The van der Waals surface area contributed by atoms with Gasteiger partial charge in [0.05, 0.1) is 0 Å². The van der Waals surface area contributed by atoms with Gasteiger partial charge in [-0.3, -0.25) is 4.79 Å². The summed E-state index contributed by atoms with van der Waals surface area (Å²) in [5, 5.41) is 15.6. The molecule has 0 radical (unpaired) electrons. The molecule has 1 heterocycles. The standard InChI is InChI=1S/C11H9FN2O4/c12-7-3-1-2-4-8(7)17-6-10-14-13-9(18-10)5-11(15)16/h1-4H,5-6H2,(H,15,16). The summed E-state index contributed by atoms with van der Waals surface area (Å²) in [6.07, 6.45) is -0.354. The second-order valence-electron chi connectivity index (χ2n) is 3.38. The number of aliphatic carboxylic acids is 1. The van der Waals surface area contributed by atoms with Crippen molar-refractivity contribution < 1.29 is 23.4 Å². The van der Waals surface area contributed by atoms with Crippen LogP contribution >= 0.6 is 0 Å². The van der Waals surface area contributed by atoms with E-state index in [0.717, 1.165) is 0 Å². The van der Waals surface area contributed by atoms with Crippen LogP contribution in [0.2, 0.25) is 0 Å². The van der Waals surface area contributed by atoms with Gasteiger partial charge in [-0.2, -0.15) is 0 Å². The Morgan fingerprint density at radius 3 is 2.78 bits per heavy atom. The summed E-state index contributed by atoms with van der Waals surface area (Å²) in [6, 6.07) is 5.89. The molecule has 0 bridgehead atoms. The summed E-state index contributed by atoms with van der Waals surface area (Å²) in [5.74, 6) is -1.43. The van der Waals surface area contributed by atoms with Crippen molar-refractivity contribution in [2.45, 2.75) is 13.0 Å². The van der Waals surface area contributed by atoms with Crippen molar-refractivity contribution in [2.24, 2.45) is 0 Å². The summed E-state index contributed by atoms with van der Waals surface area (Å²) in [7, 11) is 0. The number of rotatable bonds is 5. The lowest BCUT2D eigenvalue weighted by molar-refractivity contribution is -0.136. The van der Waals surface area contributed by atoms with Gasteiger partial charge in [0.25, 0.3) is 5.89 Å². The zero-order chi connectivity index (χ0) is 13.0. The molecule has 0 saturated carbocycles. The molecule has 0 aliphatic carbocycles. The van der Waals surface area contributed by atoms with Gasteiger partial charge >= 0.3 is 5.97 Å². The Balaban J connectivity index is 1.96. The van der Waals surface area contributed by atoms with E-state index in [1.807, 2.05) is 0 Å². The molecule has 0 fully saturated rings. The van der Waals surface area contributed by atoms with E-state index in [4.69, 9.17) is 14.3 Å². The fourth-order valence-electron chi connectivity index (χ4n) is 1.25. The number of carboxylic acids is 1. The summed E-state index contributed by atoms with van der Waals surface area (Å²) >= 11 is 0. The zero-order valence-electron chi connectivity index (χ0n) is 9.17. The molecule has 0 aliphatic rings. The average Bonchev–Trinajstić information content (AvgIpc) is 2.75. The van der Waals surface area contributed by atoms with Crippen molar-refractivity contribution in [1.82, 2.24) is 10.2 Å². The van der Waals surface area contributed by atoms with Gasteiger partial charge in [0.15, 0.2) is 18.2 Å². The molecule has 1 N–H and O–H groups in total. The molecule has 0 aliphatic heterocycles. The third kappa shape index (κ3) is 3.03. The number of para-hydroxylation sites is 1. The highest BCUT2D eigenvalue weighted by molar-refractivity contribution is 5.68. The van der Waals surface area contributed by atoms with Gasteiger partial charge < -0.3 is 14.3 Å². The largest absolute Gasteiger partial charge is 0.481 e. The first-order valence-electron chi connectivity index (χ1n) is 5.05. The van der Waals surface area contributed by atoms with Crippen LogP contribution in [0.25, 0.3) is 0 Å². The van der Waals surface area contributed by atoms with Crippen LogP contribution in [0.3, 0.4) is 0 Å². The van der Waals surface area contributed by atoms with Gasteiger partial charge in [0, 0.05) is 0 Å². The van der Waals surface area contributed by atoms with Gasteiger partial charge in [-0.25, -0.2) is 4.39 Å².